The second-order valence-corrected chi connectivity index (χ2v) is 6.04. The highest BCUT2D eigenvalue weighted by atomic mass is 16.5. The number of para-hydroxylation sites is 1. The Morgan fingerprint density at radius 3 is 2.60 bits per heavy atom. The van der Waals surface area contributed by atoms with Crippen LogP contribution in [0.1, 0.15) is 24.2 Å². The standard InChI is InChI=1S/C19H23N3O3/c1-13(2)12-25-15-7-5-6-14(10-15)21-11-18(23)22-17-9-4-3-8-16(17)19(20)24/h3-10,13,21H,11-12H2,1-2H3,(H2,20,24)(H,22,23). The third kappa shape index (κ3) is 5.84. The Labute approximate surface area is 147 Å². The average Bonchev–Trinajstić information content (AvgIpc) is 2.59. The first-order chi connectivity index (χ1) is 12.0. The second kappa shape index (κ2) is 8.73. The number of hydrogen-bond donors (Lipinski definition) is 3. The highest BCUT2D eigenvalue weighted by Crippen LogP contribution is 2.18. The summed E-state index contributed by atoms with van der Waals surface area (Å²) in [5.41, 5.74) is 6.76. The van der Waals surface area contributed by atoms with Gasteiger partial charge in [-0.1, -0.05) is 32.0 Å². The van der Waals surface area contributed by atoms with Crippen molar-refractivity contribution < 1.29 is 14.3 Å². The maximum Gasteiger partial charge on any atom is 0.250 e. The van der Waals surface area contributed by atoms with Crippen LogP contribution in [0.3, 0.4) is 0 Å². The van der Waals surface area contributed by atoms with Gasteiger partial charge in [0.15, 0.2) is 0 Å². The number of benzene rings is 2. The molecular formula is C19H23N3O3. The fourth-order valence-electron chi connectivity index (χ4n) is 2.14. The van der Waals surface area contributed by atoms with Crippen LogP contribution in [-0.2, 0) is 4.79 Å². The molecule has 0 atom stereocenters. The lowest BCUT2D eigenvalue weighted by molar-refractivity contribution is -0.114. The van der Waals surface area contributed by atoms with E-state index in [1.165, 1.54) is 0 Å². The van der Waals surface area contributed by atoms with Crippen LogP contribution in [0.2, 0.25) is 0 Å². The van der Waals surface area contributed by atoms with Crippen molar-refractivity contribution in [1.29, 1.82) is 0 Å². The van der Waals surface area contributed by atoms with Crippen molar-refractivity contribution in [1.82, 2.24) is 0 Å². The van der Waals surface area contributed by atoms with Crippen LogP contribution >= 0.6 is 0 Å². The Morgan fingerprint density at radius 2 is 1.88 bits per heavy atom. The van der Waals surface area contributed by atoms with Crippen molar-refractivity contribution in [2.75, 3.05) is 23.8 Å². The molecular weight excluding hydrogens is 318 g/mol. The van der Waals surface area contributed by atoms with Crippen molar-refractivity contribution in [2.45, 2.75) is 13.8 Å². The maximum atomic E-state index is 12.1. The summed E-state index contributed by atoms with van der Waals surface area (Å²) in [4.78, 5) is 23.5. The lowest BCUT2D eigenvalue weighted by Gasteiger charge is -2.12. The Bertz CT molecular complexity index is 744. The van der Waals surface area contributed by atoms with E-state index in [0.29, 0.717) is 18.2 Å². The van der Waals surface area contributed by atoms with Crippen LogP contribution in [0, 0.1) is 5.92 Å². The lowest BCUT2D eigenvalue weighted by atomic mass is 10.1. The molecule has 0 fully saturated rings. The predicted octanol–water partition coefficient (Wildman–Crippen LogP) is 2.87. The molecule has 0 saturated carbocycles. The highest BCUT2D eigenvalue weighted by Gasteiger charge is 2.10. The van der Waals surface area contributed by atoms with Gasteiger partial charge in [0.2, 0.25) is 5.91 Å². The van der Waals surface area contributed by atoms with Gasteiger partial charge in [-0.2, -0.15) is 0 Å². The molecule has 0 saturated heterocycles. The molecule has 2 amide bonds. The van der Waals surface area contributed by atoms with E-state index >= 15 is 0 Å². The van der Waals surface area contributed by atoms with E-state index < -0.39 is 5.91 Å². The van der Waals surface area contributed by atoms with E-state index in [0.717, 1.165) is 11.4 Å². The third-order valence-electron chi connectivity index (χ3n) is 3.34. The zero-order valence-electron chi connectivity index (χ0n) is 14.4. The fraction of sp³-hybridized carbons (Fsp3) is 0.263. The molecule has 2 aromatic carbocycles. The molecule has 25 heavy (non-hydrogen) atoms. The van der Waals surface area contributed by atoms with Crippen LogP contribution in [0.5, 0.6) is 5.75 Å². The van der Waals surface area contributed by atoms with Gasteiger partial charge in [-0.25, -0.2) is 0 Å². The third-order valence-corrected chi connectivity index (χ3v) is 3.34. The molecule has 0 radical (unpaired) electrons. The minimum absolute atomic E-state index is 0.0563. The van der Waals surface area contributed by atoms with Crippen LogP contribution < -0.4 is 21.1 Å². The number of nitrogens with two attached hydrogens (primary N) is 1. The normalized spacial score (nSPS) is 10.4. The summed E-state index contributed by atoms with van der Waals surface area (Å²) >= 11 is 0. The van der Waals surface area contributed by atoms with Gasteiger partial charge in [-0.3, -0.25) is 9.59 Å². The van der Waals surface area contributed by atoms with Gasteiger partial charge in [0.25, 0.3) is 5.91 Å². The Balaban J connectivity index is 1.92. The van der Waals surface area contributed by atoms with Crippen LogP contribution in [0.25, 0.3) is 0 Å². The van der Waals surface area contributed by atoms with Crippen LogP contribution in [-0.4, -0.2) is 25.0 Å². The first kappa shape index (κ1) is 18.3. The predicted molar refractivity (Wildman–Crippen MR) is 98.9 cm³/mol. The van der Waals surface area contributed by atoms with Gasteiger partial charge < -0.3 is 21.1 Å². The molecule has 132 valence electrons. The number of amides is 2. The molecule has 0 unspecified atom stereocenters. The molecule has 2 rings (SSSR count). The number of carbonyl (C=O) groups is 2. The quantitative estimate of drug-likeness (QED) is 0.688. The van der Waals surface area contributed by atoms with Crippen LogP contribution in [0.15, 0.2) is 48.5 Å². The minimum atomic E-state index is -0.584. The maximum absolute atomic E-state index is 12.1. The topological polar surface area (TPSA) is 93.4 Å². The summed E-state index contributed by atoms with van der Waals surface area (Å²) in [5, 5.41) is 5.72. The summed E-state index contributed by atoms with van der Waals surface area (Å²) in [7, 11) is 0. The zero-order chi connectivity index (χ0) is 18.2. The molecule has 4 N–H and O–H groups in total. The van der Waals surface area contributed by atoms with E-state index in [9.17, 15) is 9.59 Å². The second-order valence-electron chi connectivity index (χ2n) is 6.04. The number of nitrogens with one attached hydrogen (secondary N) is 2. The average molecular weight is 341 g/mol. The number of primary amides is 1. The van der Waals surface area contributed by atoms with Crippen molar-refractivity contribution in [3.63, 3.8) is 0 Å². The molecule has 0 bridgehead atoms. The molecule has 2 aromatic rings. The smallest absolute Gasteiger partial charge is 0.250 e. The SMILES string of the molecule is CC(C)COc1cccc(NCC(=O)Nc2ccccc2C(N)=O)c1. The molecule has 0 aliphatic carbocycles. The van der Waals surface area contributed by atoms with E-state index in [1.54, 1.807) is 24.3 Å². The van der Waals surface area contributed by atoms with E-state index in [2.05, 4.69) is 24.5 Å². The van der Waals surface area contributed by atoms with E-state index in [-0.39, 0.29) is 18.0 Å². The van der Waals surface area contributed by atoms with Crippen molar-refractivity contribution in [3.05, 3.63) is 54.1 Å². The van der Waals surface area contributed by atoms with Gasteiger partial charge in [0.05, 0.1) is 24.4 Å². The van der Waals surface area contributed by atoms with E-state index in [4.69, 9.17) is 10.5 Å². The molecule has 0 aromatic heterocycles. The highest BCUT2D eigenvalue weighted by molar-refractivity contribution is 6.03. The molecule has 0 aliphatic heterocycles. The largest absolute Gasteiger partial charge is 0.493 e. The number of carbonyl (C=O) groups excluding carboxylic acids is 2. The van der Waals surface area contributed by atoms with Crippen molar-refractivity contribution in [3.8, 4) is 5.75 Å². The van der Waals surface area contributed by atoms with Gasteiger partial charge in [-0.15, -0.1) is 0 Å². The van der Waals surface area contributed by atoms with Crippen molar-refractivity contribution >= 4 is 23.2 Å². The summed E-state index contributed by atoms with van der Waals surface area (Å²) < 4.78 is 5.66. The monoisotopic (exact) mass is 341 g/mol. The molecule has 6 nitrogen and oxygen atoms in total. The number of ether oxygens (including phenoxy) is 1. The summed E-state index contributed by atoms with van der Waals surface area (Å²) in [6.45, 7) is 4.85. The Morgan fingerprint density at radius 1 is 1.12 bits per heavy atom. The zero-order valence-corrected chi connectivity index (χ0v) is 14.4. The molecule has 0 spiro atoms. The summed E-state index contributed by atoms with van der Waals surface area (Å²) in [5.74, 6) is 0.326. The molecule has 0 heterocycles. The first-order valence-corrected chi connectivity index (χ1v) is 8.11. The Hall–Kier alpha value is -3.02. The molecule has 6 heteroatoms. The fourth-order valence-corrected chi connectivity index (χ4v) is 2.14. The van der Waals surface area contributed by atoms with Gasteiger partial charge in [-0.05, 0) is 30.2 Å². The number of anilines is 2. The lowest BCUT2D eigenvalue weighted by Crippen LogP contribution is -2.24. The van der Waals surface area contributed by atoms with Crippen LogP contribution in [0.4, 0.5) is 11.4 Å². The first-order valence-electron chi connectivity index (χ1n) is 8.11. The summed E-state index contributed by atoms with van der Waals surface area (Å²) in [6.07, 6.45) is 0. The van der Waals surface area contributed by atoms with Crippen molar-refractivity contribution in [2.24, 2.45) is 11.7 Å². The van der Waals surface area contributed by atoms with E-state index in [1.807, 2.05) is 24.3 Å². The Kier molecular flexibility index (Phi) is 6.39. The summed E-state index contributed by atoms with van der Waals surface area (Å²) in [6, 6.07) is 14.1. The van der Waals surface area contributed by atoms with Gasteiger partial charge in [0.1, 0.15) is 5.75 Å². The number of hydrogen-bond acceptors (Lipinski definition) is 4. The van der Waals surface area contributed by atoms with Gasteiger partial charge in [0, 0.05) is 11.8 Å². The molecule has 0 aliphatic rings. The minimum Gasteiger partial charge on any atom is -0.493 e. The number of rotatable bonds is 8. The van der Waals surface area contributed by atoms with Gasteiger partial charge >= 0.3 is 0 Å².